The molecule has 4 heterocycles. The van der Waals surface area contributed by atoms with Crippen LogP contribution in [0.4, 0.5) is 0 Å². The Kier molecular flexibility index (Phi) is 5.03. The molecule has 0 saturated heterocycles. The van der Waals surface area contributed by atoms with Crippen LogP contribution in [0.1, 0.15) is 56.6 Å². The Morgan fingerprint density at radius 1 is 1.43 bits per heavy atom. The fourth-order valence-corrected chi connectivity index (χ4v) is 4.80. The Hall–Kier alpha value is -2.52. The lowest BCUT2D eigenvalue weighted by Gasteiger charge is -2.27. The average Bonchev–Trinajstić information content (AvgIpc) is 3.36. The fourth-order valence-electron chi connectivity index (χ4n) is 3.68. The lowest BCUT2D eigenvalue weighted by atomic mass is 10.0. The summed E-state index contributed by atoms with van der Waals surface area (Å²) in [6, 6.07) is -0.199. The standard InChI is InChI=1S/C19H24N6O2S/c1-11-15(13(3)27-23-11)7-25-6-5-14-16(9-28-17(14)8-25)19(26)21-12(2)18-22-20-10-24(18)4/h9-10,12H,5-8H2,1-4H3,(H,21,26)/t12-/m0/s1. The van der Waals surface area contributed by atoms with Crippen molar-refractivity contribution in [2.45, 2.75) is 46.3 Å². The van der Waals surface area contributed by atoms with Crippen LogP contribution in [0, 0.1) is 13.8 Å². The summed E-state index contributed by atoms with van der Waals surface area (Å²) in [5.74, 6) is 1.57. The van der Waals surface area contributed by atoms with Crippen molar-refractivity contribution in [1.29, 1.82) is 0 Å². The lowest BCUT2D eigenvalue weighted by Crippen LogP contribution is -2.32. The van der Waals surface area contributed by atoms with Gasteiger partial charge in [-0.05, 0) is 32.8 Å². The predicted octanol–water partition coefficient (Wildman–Crippen LogP) is 2.53. The van der Waals surface area contributed by atoms with E-state index in [-0.39, 0.29) is 11.9 Å². The summed E-state index contributed by atoms with van der Waals surface area (Å²) < 4.78 is 7.10. The largest absolute Gasteiger partial charge is 0.361 e. The molecular weight excluding hydrogens is 376 g/mol. The number of nitrogens with zero attached hydrogens (tertiary/aromatic N) is 5. The van der Waals surface area contributed by atoms with Gasteiger partial charge in [-0.1, -0.05) is 5.16 Å². The molecule has 4 rings (SSSR count). The van der Waals surface area contributed by atoms with E-state index >= 15 is 0 Å². The van der Waals surface area contributed by atoms with Crippen molar-refractivity contribution in [3.8, 4) is 0 Å². The monoisotopic (exact) mass is 400 g/mol. The van der Waals surface area contributed by atoms with Crippen molar-refractivity contribution in [3.05, 3.63) is 50.6 Å². The molecule has 0 fully saturated rings. The topological polar surface area (TPSA) is 89.1 Å². The minimum Gasteiger partial charge on any atom is -0.361 e. The maximum atomic E-state index is 12.8. The summed E-state index contributed by atoms with van der Waals surface area (Å²) in [6.45, 7) is 8.43. The molecule has 0 aliphatic carbocycles. The van der Waals surface area contributed by atoms with E-state index in [1.807, 2.05) is 37.8 Å². The summed E-state index contributed by atoms with van der Waals surface area (Å²) in [4.78, 5) is 16.5. The van der Waals surface area contributed by atoms with Gasteiger partial charge in [0.2, 0.25) is 0 Å². The molecule has 3 aromatic rings. The molecule has 8 nitrogen and oxygen atoms in total. The molecule has 3 aromatic heterocycles. The summed E-state index contributed by atoms with van der Waals surface area (Å²) in [5.41, 5.74) is 4.07. The summed E-state index contributed by atoms with van der Waals surface area (Å²) >= 11 is 1.66. The summed E-state index contributed by atoms with van der Waals surface area (Å²) in [7, 11) is 1.87. The Balaban J connectivity index is 1.45. The van der Waals surface area contributed by atoms with Gasteiger partial charge in [0.25, 0.3) is 5.91 Å². The zero-order chi connectivity index (χ0) is 19.8. The molecule has 0 radical (unpaired) electrons. The van der Waals surface area contributed by atoms with Crippen molar-refractivity contribution in [2.75, 3.05) is 6.54 Å². The third kappa shape index (κ3) is 3.47. The van der Waals surface area contributed by atoms with E-state index in [4.69, 9.17) is 4.52 Å². The van der Waals surface area contributed by atoms with Gasteiger partial charge in [0, 0.05) is 42.5 Å². The number of thiophene rings is 1. The normalized spacial score (nSPS) is 15.4. The van der Waals surface area contributed by atoms with E-state index < -0.39 is 0 Å². The second-order valence-electron chi connectivity index (χ2n) is 7.31. The van der Waals surface area contributed by atoms with Gasteiger partial charge in [0.1, 0.15) is 12.1 Å². The first-order chi connectivity index (χ1) is 13.4. The highest BCUT2D eigenvalue weighted by Gasteiger charge is 2.26. The Morgan fingerprint density at radius 2 is 2.25 bits per heavy atom. The number of carbonyl (C=O) groups is 1. The van der Waals surface area contributed by atoms with Gasteiger partial charge >= 0.3 is 0 Å². The van der Waals surface area contributed by atoms with Gasteiger partial charge in [-0.2, -0.15) is 0 Å². The molecule has 1 aliphatic rings. The molecule has 0 bridgehead atoms. The number of fused-ring (bicyclic) bond motifs is 1. The maximum Gasteiger partial charge on any atom is 0.252 e. The van der Waals surface area contributed by atoms with Crippen molar-refractivity contribution >= 4 is 17.2 Å². The van der Waals surface area contributed by atoms with Gasteiger partial charge in [-0.3, -0.25) is 9.69 Å². The summed E-state index contributed by atoms with van der Waals surface area (Å²) in [6.07, 6.45) is 2.50. The van der Waals surface area contributed by atoms with Crippen molar-refractivity contribution in [3.63, 3.8) is 0 Å². The van der Waals surface area contributed by atoms with E-state index in [1.165, 1.54) is 10.4 Å². The molecule has 1 amide bonds. The Bertz CT molecular complexity index is 985. The zero-order valence-electron chi connectivity index (χ0n) is 16.5. The van der Waals surface area contributed by atoms with E-state index in [0.29, 0.717) is 0 Å². The molecule has 28 heavy (non-hydrogen) atoms. The van der Waals surface area contributed by atoms with Crippen LogP contribution in [0.5, 0.6) is 0 Å². The predicted molar refractivity (Wildman–Crippen MR) is 105 cm³/mol. The molecule has 148 valence electrons. The van der Waals surface area contributed by atoms with Gasteiger partial charge in [-0.15, -0.1) is 21.5 Å². The van der Waals surface area contributed by atoms with Crippen molar-refractivity contribution in [1.82, 2.24) is 30.1 Å². The quantitative estimate of drug-likeness (QED) is 0.708. The van der Waals surface area contributed by atoms with Crippen molar-refractivity contribution in [2.24, 2.45) is 7.05 Å². The smallest absolute Gasteiger partial charge is 0.252 e. The van der Waals surface area contributed by atoms with Crippen LogP contribution in [0.2, 0.25) is 0 Å². The molecular formula is C19H24N6O2S. The number of aromatic nitrogens is 4. The number of aryl methyl sites for hydroxylation is 3. The van der Waals surface area contributed by atoms with E-state index in [2.05, 4.69) is 25.6 Å². The number of rotatable bonds is 5. The molecule has 9 heteroatoms. The molecule has 1 N–H and O–H groups in total. The number of hydrogen-bond donors (Lipinski definition) is 1. The van der Waals surface area contributed by atoms with Crippen LogP contribution in [0.15, 0.2) is 16.2 Å². The first-order valence-corrected chi connectivity index (χ1v) is 10.2. The fraction of sp³-hybridized carbons (Fsp3) is 0.474. The second-order valence-corrected chi connectivity index (χ2v) is 8.27. The van der Waals surface area contributed by atoms with Crippen LogP contribution < -0.4 is 5.32 Å². The lowest BCUT2D eigenvalue weighted by molar-refractivity contribution is 0.0936. The Morgan fingerprint density at radius 3 is 2.93 bits per heavy atom. The summed E-state index contributed by atoms with van der Waals surface area (Å²) in [5, 5.41) is 17.0. The number of hydrogen-bond acceptors (Lipinski definition) is 7. The number of nitrogens with one attached hydrogen (secondary N) is 1. The zero-order valence-corrected chi connectivity index (χ0v) is 17.3. The van der Waals surface area contributed by atoms with Gasteiger partial charge in [-0.25, -0.2) is 0 Å². The first kappa shape index (κ1) is 18.8. The molecule has 1 atom stereocenters. The average molecular weight is 401 g/mol. The Labute approximate surface area is 167 Å². The highest BCUT2D eigenvalue weighted by Crippen LogP contribution is 2.30. The molecule has 0 unspecified atom stereocenters. The molecule has 0 spiro atoms. The minimum absolute atomic E-state index is 0.0489. The number of amides is 1. The van der Waals surface area contributed by atoms with E-state index in [1.54, 1.807) is 17.7 Å². The minimum atomic E-state index is -0.199. The maximum absolute atomic E-state index is 12.8. The van der Waals surface area contributed by atoms with Crippen LogP contribution >= 0.6 is 11.3 Å². The third-order valence-corrected chi connectivity index (χ3v) is 6.33. The number of carbonyl (C=O) groups excluding carboxylic acids is 1. The third-order valence-electron chi connectivity index (χ3n) is 5.31. The van der Waals surface area contributed by atoms with Crippen LogP contribution in [-0.4, -0.2) is 37.3 Å². The highest BCUT2D eigenvalue weighted by atomic mass is 32.1. The van der Waals surface area contributed by atoms with Crippen LogP contribution in [0.3, 0.4) is 0 Å². The van der Waals surface area contributed by atoms with Crippen LogP contribution in [-0.2, 0) is 26.6 Å². The van der Waals surface area contributed by atoms with Gasteiger partial charge < -0.3 is 14.4 Å². The van der Waals surface area contributed by atoms with Gasteiger partial charge in [0.05, 0.1) is 17.3 Å². The van der Waals surface area contributed by atoms with E-state index in [9.17, 15) is 4.79 Å². The molecule has 1 aliphatic heterocycles. The van der Waals surface area contributed by atoms with Gasteiger partial charge in [0.15, 0.2) is 5.82 Å². The first-order valence-electron chi connectivity index (χ1n) is 9.32. The molecule has 0 saturated carbocycles. The second kappa shape index (κ2) is 7.48. The van der Waals surface area contributed by atoms with E-state index in [0.717, 1.165) is 54.5 Å². The van der Waals surface area contributed by atoms with Crippen LogP contribution in [0.25, 0.3) is 0 Å². The van der Waals surface area contributed by atoms with Crippen molar-refractivity contribution < 1.29 is 9.32 Å². The highest BCUT2D eigenvalue weighted by molar-refractivity contribution is 7.10. The molecule has 0 aromatic carbocycles. The SMILES string of the molecule is Cc1noc(C)c1CN1CCc2c(C(=O)N[C@@H](C)c3nncn3C)csc2C1.